The molecule has 0 aliphatic carbocycles. The Morgan fingerprint density at radius 1 is 1.16 bits per heavy atom. The lowest BCUT2D eigenvalue weighted by molar-refractivity contribution is -0.384. The van der Waals surface area contributed by atoms with Gasteiger partial charge in [-0.1, -0.05) is 12.1 Å². The molecule has 1 atom stereocenters. The van der Waals surface area contributed by atoms with Crippen LogP contribution < -0.4 is 0 Å². The molecule has 1 aromatic rings. The number of amides is 1. The molecule has 7 heteroatoms. The first-order valence-corrected chi connectivity index (χ1v) is 8.96. The van der Waals surface area contributed by atoms with Crippen LogP contribution in [-0.4, -0.2) is 77.9 Å². The van der Waals surface area contributed by atoms with Gasteiger partial charge in [0, 0.05) is 38.3 Å². The highest BCUT2D eigenvalue weighted by Crippen LogP contribution is 2.17. The Balaban J connectivity index is 1.64. The third kappa shape index (κ3) is 4.55. The van der Waals surface area contributed by atoms with Gasteiger partial charge in [-0.2, -0.15) is 0 Å². The van der Waals surface area contributed by atoms with Crippen molar-refractivity contribution in [3.05, 3.63) is 39.9 Å². The van der Waals surface area contributed by atoms with Crippen LogP contribution in [-0.2, 0) is 11.2 Å². The van der Waals surface area contributed by atoms with Gasteiger partial charge in [0.05, 0.1) is 17.4 Å². The molecule has 0 saturated carbocycles. The summed E-state index contributed by atoms with van der Waals surface area (Å²) in [6.07, 6.45) is 2.80. The van der Waals surface area contributed by atoms with E-state index in [2.05, 4.69) is 16.8 Å². The molecule has 25 heavy (non-hydrogen) atoms. The van der Waals surface area contributed by atoms with Crippen molar-refractivity contribution in [1.29, 1.82) is 0 Å². The Hall–Kier alpha value is -1.99. The summed E-state index contributed by atoms with van der Waals surface area (Å²) in [5, 5.41) is 10.7. The number of piperazine rings is 1. The molecule has 136 valence electrons. The smallest absolute Gasteiger partial charge is 0.269 e. The average molecular weight is 346 g/mol. The molecule has 2 fully saturated rings. The first kappa shape index (κ1) is 17.8. The largest absolute Gasteiger partial charge is 0.336 e. The van der Waals surface area contributed by atoms with Crippen LogP contribution in [0.25, 0.3) is 0 Å². The van der Waals surface area contributed by atoms with E-state index >= 15 is 0 Å². The lowest BCUT2D eigenvalue weighted by atomic mass is 10.1. The second-order valence-electron chi connectivity index (χ2n) is 7.11. The SMILES string of the molecule is CN1CCN(C(=O)Cc2ccc([N+](=O)[O-])cc2)C(CN2CCCC2)C1. The normalized spacial score (nSPS) is 22.3. The van der Waals surface area contributed by atoms with Gasteiger partial charge < -0.3 is 14.7 Å². The zero-order valence-electron chi connectivity index (χ0n) is 14.8. The van der Waals surface area contributed by atoms with Gasteiger partial charge in [-0.05, 0) is 38.5 Å². The minimum atomic E-state index is -0.419. The molecule has 2 heterocycles. The molecule has 2 aliphatic heterocycles. The van der Waals surface area contributed by atoms with Crippen LogP contribution in [0.3, 0.4) is 0 Å². The fourth-order valence-corrected chi connectivity index (χ4v) is 3.77. The van der Waals surface area contributed by atoms with E-state index in [4.69, 9.17) is 0 Å². The summed E-state index contributed by atoms with van der Waals surface area (Å²) in [7, 11) is 2.11. The van der Waals surface area contributed by atoms with Gasteiger partial charge in [0.25, 0.3) is 5.69 Å². The fraction of sp³-hybridized carbons (Fsp3) is 0.611. The van der Waals surface area contributed by atoms with Crippen LogP contribution >= 0.6 is 0 Å². The summed E-state index contributed by atoms with van der Waals surface area (Å²) in [5.41, 5.74) is 0.886. The predicted octanol–water partition coefficient (Wildman–Crippen LogP) is 1.38. The third-order valence-electron chi connectivity index (χ3n) is 5.18. The lowest BCUT2D eigenvalue weighted by Crippen LogP contribution is -2.58. The summed E-state index contributed by atoms with van der Waals surface area (Å²) in [5.74, 6) is 0.117. The van der Waals surface area contributed by atoms with Crippen molar-refractivity contribution in [3.63, 3.8) is 0 Å². The zero-order valence-corrected chi connectivity index (χ0v) is 14.8. The predicted molar refractivity (Wildman–Crippen MR) is 95.5 cm³/mol. The molecule has 2 aliphatic rings. The topological polar surface area (TPSA) is 69.9 Å². The molecule has 0 bridgehead atoms. The lowest BCUT2D eigenvalue weighted by Gasteiger charge is -2.41. The third-order valence-corrected chi connectivity index (χ3v) is 5.18. The monoisotopic (exact) mass is 346 g/mol. The summed E-state index contributed by atoms with van der Waals surface area (Å²) in [6, 6.07) is 6.52. The number of nitro benzene ring substituents is 1. The molecule has 1 amide bonds. The second kappa shape index (κ2) is 7.93. The Morgan fingerprint density at radius 3 is 2.48 bits per heavy atom. The first-order chi connectivity index (χ1) is 12.0. The van der Waals surface area contributed by atoms with Crippen molar-refractivity contribution in [1.82, 2.24) is 14.7 Å². The Bertz CT molecular complexity index is 613. The number of rotatable bonds is 5. The van der Waals surface area contributed by atoms with Crippen LogP contribution in [0.15, 0.2) is 24.3 Å². The molecule has 1 aromatic carbocycles. The van der Waals surface area contributed by atoms with Gasteiger partial charge in [-0.3, -0.25) is 14.9 Å². The number of likely N-dealkylation sites (N-methyl/N-ethyl adjacent to an activating group) is 1. The standard InChI is InChI=1S/C18H26N4O3/c1-19-10-11-21(17(13-19)14-20-8-2-3-9-20)18(23)12-15-4-6-16(7-5-15)22(24)25/h4-7,17H,2-3,8-14H2,1H3. The molecule has 3 rings (SSSR count). The van der Waals surface area contributed by atoms with E-state index in [1.165, 1.54) is 25.0 Å². The molecule has 0 aromatic heterocycles. The maximum absolute atomic E-state index is 12.8. The fourth-order valence-electron chi connectivity index (χ4n) is 3.77. The van der Waals surface area contributed by atoms with Crippen LogP contribution in [0.2, 0.25) is 0 Å². The minimum Gasteiger partial charge on any atom is -0.336 e. The summed E-state index contributed by atoms with van der Waals surface area (Å²) in [4.78, 5) is 29.9. The van der Waals surface area contributed by atoms with E-state index < -0.39 is 4.92 Å². The number of hydrogen-bond donors (Lipinski definition) is 0. The molecular weight excluding hydrogens is 320 g/mol. The van der Waals surface area contributed by atoms with Gasteiger partial charge in [0.1, 0.15) is 0 Å². The Kier molecular flexibility index (Phi) is 5.65. The minimum absolute atomic E-state index is 0.0581. The second-order valence-corrected chi connectivity index (χ2v) is 7.11. The van der Waals surface area contributed by atoms with Gasteiger partial charge in [-0.15, -0.1) is 0 Å². The van der Waals surface area contributed by atoms with E-state index in [0.29, 0.717) is 6.42 Å². The molecule has 0 N–H and O–H groups in total. The van der Waals surface area contributed by atoms with Crippen molar-refractivity contribution < 1.29 is 9.72 Å². The summed E-state index contributed by atoms with van der Waals surface area (Å²) < 4.78 is 0. The summed E-state index contributed by atoms with van der Waals surface area (Å²) >= 11 is 0. The number of nitro groups is 1. The summed E-state index contributed by atoms with van der Waals surface area (Å²) in [6.45, 7) is 5.75. The number of non-ortho nitro benzene ring substituents is 1. The quantitative estimate of drug-likeness (QED) is 0.595. The maximum atomic E-state index is 12.8. The van der Waals surface area contributed by atoms with Gasteiger partial charge >= 0.3 is 0 Å². The number of nitrogens with zero attached hydrogens (tertiary/aromatic N) is 4. The average Bonchev–Trinajstić information content (AvgIpc) is 3.08. The van der Waals surface area contributed by atoms with Crippen molar-refractivity contribution in [3.8, 4) is 0 Å². The van der Waals surface area contributed by atoms with Gasteiger partial charge in [-0.25, -0.2) is 0 Å². The van der Waals surface area contributed by atoms with Crippen LogP contribution in [0.5, 0.6) is 0 Å². The van der Waals surface area contributed by atoms with Gasteiger partial charge in [0.15, 0.2) is 0 Å². The van der Waals surface area contributed by atoms with Crippen LogP contribution in [0.4, 0.5) is 5.69 Å². The van der Waals surface area contributed by atoms with Crippen LogP contribution in [0, 0.1) is 10.1 Å². The highest BCUT2D eigenvalue weighted by Gasteiger charge is 2.31. The van der Waals surface area contributed by atoms with E-state index in [1.54, 1.807) is 12.1 Å². The number of carbonyl (C=O) groups is 1. The van der Waals surface area contributed by atoms with Crippen molar-refractivity contribution >= 4 is 11.6 Å². The maximum Gasteiger partial charge on any atom is 0.269 e. The number of hydrogen-bond acceptors (Lipinski definition) is 5. The van der Waals surface area contributed by atoms with Crippen LogP contribution in [0.1, 0.15) is 18.4 Å². The zero-order chi connectivity index (χ0) is 17.8. The van der Waals surface area contributed by atoms with E-state index in [9.17, 15) is 14.9 Å². The molecule has 2 saturated heterocycles. The Labute approximate surface area is 148 Å². The van der Waals surface area contributed by atoms with E-state index in [-0.39, 0.29) is 17.6 Å². The molecular formula is C18H26N4O3. The van der Waals surface area contributed by atoms with E-state index in [1.807, 2.05) is 4.90 Å². The van der Waals surface area contributed by atoms with Crippen molar-refractivity contribution in [2.75, 3.05) is 46.3 Å². The number of likely N-dealkylation sites (tertiary alicyclic amines) is 1. The molecule has 0 radical (unpaired) electrons. The van der Waals surface area contributed by atoms with Gasteiger partial charge in [0.2, 0.25) is 5.91 Å². The van der Waals surface area contributed by atoms with Crippen molar-refractivity contribution in [2.24, 2.45) is 0 Å². The molecule has 7 nitrogen and oxygen atoms in total. The van der Waals surface area contributed by atoms with Crippen molar-refractivity contribution in [2.45, 2.75) is 25.3 Å². The first-order valence-electron chi connectivity index (χ1n) is 8.96. The highest BCUT2D eigenvalue weighted by molar-refractivity contribution is 5.79. The number of carbonyl (C=O) groups excluding carboxylic acids is 1. The molecule has 1 unspecified atom stereocenters. The highest BCUT2D eigenvalue weighted by atomic mass is 16.6. The molecule has 0 spiro atoms. The van der Waals surface area contributed by atoms with E-state index in [0.717, 1.165) is 44.8 Å². The number of benzene rings is 1. The Morgan fingerprint density at radius 2 is 1.84 bits per heavy atom.